The van der Waals surface area contributed by atoms with Crippen LogP contribution in [-0.2, 0) is 9.53 Å². The van der Waals surface area contributed by atoms with E-state index >= 15 is 0 Å². The minimum absolute atomic E-state index is 0.254. The van der Waals surface area contributed by atoms with Gasteiger partial charge < -0.3 is 15.4 Å². The van der Waals surface area contributed by atoms with Gasteiger partial charge in [0.05, 0.1) is 7.11 Å². The van der Waals surface area contributed by atoms with E-state index in [1.54, 1.807) is 0 Å². The van der Waals surface area contributed by atoms with Crippen molar-refractivity contribution in [2.75, 3.05) is 40.3 Å². The molecule has 2 rings (SSSR count). The van der Waals surface area contributed by atoms with Gasteiger partial charge in [0.2, 0.25) is 0 Å². The fourth-order valence-corrected chi connectivity index (χ4v) is 2.90. The van der Waals surface area contributed by atoms with Gasteiger partial charge in [-0.3, -0.25) is 9.69 Å². The highest BCUT2D eigenvalue weighted by atomic mass is 16.5. The van der Waals surface area contributed by atoms with Gasteiger partial charge in [0, 0.05) is 32.2 Å². The van der Waals surface area contributed by atoms with Crippen LogP contribution in [0, 0.1) is 5.92 Å². The summed E-state index contributed by atoms with van der Waals surface area (Å²) < 4.78 is 4.91. The van der Waals surface area contributed by atoms with Crippen molar-refractivity contribution in [2.24, 2.45) is 11.7 Å². The lowest BCUT2D eigenvalue weighted by molar-refractivity contribution is -0.149. The second kappa shape index (κ2) is 5.15. The molecule has 5 heteroatoms. The summed E-state index contributed by atoms with van der Waals surface area (Å²) in [4.78, 5) is 16.6. The summed E-state index contributed by atoms with van der Waals surface area (Å²) >= 11 is 0. The van der Waals surface area contributed by atoms with Gasteiger partial charge >= 0.3 is 5.97 Å². The molecule has 2 atom stereocenters. The third-order valence-electron chi connectivity index (χ3n) is 4.30. The summed E-state index contributed by atoms with van der Waals surface area (Å²) in [5.41, 5.74) is 5.55. The smallest absolute Gasteiger partial charge is 0.327 e. The van der Waals surface area contributed by atoms with Gasteiger partial charge in [0.1, 0.15) is 5.54 Å². The molecule has 0 aromatic heterocycles. The Kier molecular flexibility index (Phi) is 3.94. The van der Waals surface area contributed by atoms with Crippen molar-refractivity contribution in [3.63, 3.8) is 0 Å². The molecule has 1 saturated carbocycles. The molecule has 5 nitrogen and oxygen atoms in total. The number of hydrogen-bond donors (Lipinski definition) is 1. The zero-order valence-corrected chi connectivity index (χ0v) is 11.7. The number of methoxy groups -OCH3 is 1. The van der Waals surface area contributed by atoms with E-state index < -0.39 is 5.54 Å². The van der Waals surface area contributed by atoms with E-state index in [4.69, 9.17) is 10.5 Å². The van der Waals surface area contributed by atoms with Crippen LogP contribution in [0.1, 0.15) is 19.8 Å². The van der Waals surface area contributed by atoms with Crippen LogP contribution in [0.2, 0.25) is 0 Å². The Hall–Kier alpha value is -0.650. The molecule has 1 aliphatic carbocycles. The molecule has 2 unspecified atom stereocenters. The maximum atomic E-state index is 12.0. The summed E-state index contributed by atoms with van der Waals surface area (Å²) in [6, 6.07) is 0.440. The number of nitrogens with two attached hydrogens (primary N) is 1. The van der Waals surface area contributed by atoms with Gasteiger partial charge in [0.25, 0.3) is 0 Å². The molecule has 1 saturated heterocycles. The maximum absolute atomic E-state index is 12.0. The summed E-state index contributed by atoms with van der Waals surface area (Å²) in [5.74, 6) is 0.0490. The van der Waals surface area contributed by atoms with Gasteiger partial charge in [-0.15, -0.1) is 0 Å². The lowest BCUT2D eigenvalue weighted by atomic mass is 9.92. The van der Waals surface area contributed by atoms with E-state index in [-0.39, 0.29) is 5.97 Å². The molecule has 1 aliphatic heterocycles. The van der Waals surface area contributed by atoms with Crippen LogP contribution in [0.3, 0.4) is 0 Å². The largest absolute Gasteiger partial charge is 0.468 e. The Bertz CT molecular complexity index is 319. The Morgan fingerprint density at radius 3 is 2.61 bits per heavy atom. The molecule has 18 heavy (non-hydrogen) atoms. The normalized spacial score (nSPS) is 29.9. The molecule has 1 heterocycles. The van der Waals surface area contributed by atoms with E-state index in [1.165, 1.54) is 7.11 Å². The van der Waals surface area contributed by atoms with Gasteiger partial charge in [-0.2, -0.15) is 0 Å². The van der Waals surface area contributed by atoms with Crippen molar-refractivity contribution in [2.45, 2.75) is 31.3 Å². The first kappa shape index (κ1) is 13.8. The molecule has 0 amide bonds. The number of rotatable bonds is 4. The van der Waals surface area contributed by atoms with E-state index in [1.807, 2.05) is 0 Å². The molecule has 0 radical (unpaired) electrons. The predicted molar refractivity (Wildman–Crippen MR) is 70.2 cm³/mol. The summed E-state index contributed by atoms with van der Waals surface area (Å²) in [6.45, 7) is 5.86. The Morgan fingerprint density at radius 2 is 2.11 bits per heavy atom. The van der Waals surface area contributed by atoms with Crippen molar-refractivity contribution in [3.05, 3.63) is 0 Å². The fourth-order valence-electron chi connectivity index (χ4n) is 2.90. The van der Waals surface area contributed by atoms with Crippen LogP contribution in [0.15, 0.2) is 0 Å². The summed E-state index contributed by atoms with van der Waals surface area (Å²) in [7, 11) is 3.56. The number of ether oxygens (including phenoxy) is 1. The highest BCUT2D eigenvalue weighted by molar-refractivity contribution is 5.81. The van der Waals surface area contributed by atoms with Crippen LogP contribution in [0.4, 0.5) is 0 Å². The third-order valence-corrected chi connectivity index (χ3v) is 4.30. The van der Waals surface area contributed by atoms with Gasteiger partial charge in [-0.25, -0.2) is 0 Å². The zero-order valence-electron chi connectivity index (χ0n) is 11.7. The SMILES string of the molecule is COC(=O)C(N)(CN1CCN(C)CC1C)C1CC1. The number of carbonyl (C=O) groups excluding carboxylic acids is 1. The van der Waals surface area contributed by atoms with E-state index in [0.717, 1.165) is 32.5 Å². The zero-order chi connectivity index (χ0) is 13.3. The molecule has 2 aliphatic rings. The Morgan fingerprint density at radius 1 is 1.44 bits per heavy atom. The summed E-state index contributed by atoms with van der Waals surface area (Å²) in [5, 5.41) is 0. The first-order chi connectivity index (χ1) is 8.47. The molecule has 104 valence electrons. The number of hydrogen-bond acceptors (Lipinski definition) is 5. The van der Waals surface area contributed by atoms with Crippen LogP contribution >= 0.6 is 0 Å². The molecule has 2 N–H and O–H groups in total. The van der Waals surface area contributed by atoms with Crippen LogP contribution in [0.25, 0.3) is 0 Å². The van der Waals surface area contributed by atoms with E-state index in [2.05, 4.69) is 23.8 Å². The van der Waals surface area contributed by atoms with Crippen LogP contribution < -0.4 is 5.73 Å². The maximum Gasteiger partial charge on any atom is 0.327 e. The van der Waals surface area contributed by atoms with Crippen molar-refractivity contribution >= 4 is 5.97 Å². The van der Waals surface area contributed by atoms with Crippen LogP contribution in [-0.4, -0.2) is 67.7 Å². The van der Waals surface area contributed by atoms with E-state index in [0.29, 0.717) is 18.5 Å². The first-order valence-electron chi connectivity index (χ1n) is 6.77. The highest BCUT2D eigenvalue weighted by Crippen LogP contribution is 2.39. The topological polar surface area (TPSA) is 58.8 Å². The van der Waals surface area contributed by atoms with Gasteiger partial charge in [-0.1, -0.05) is 0 Å². The van der Waals surface area contributed by atoms with Crippen molar-refractivity contribution < 1.29 is 9.53 Å². The number of esters is 1. The standard InChI is InChI=1S/C13H25N3O2/c1-10-8-15(2)6-7-16(10)9-13(14,11-4-5-11)12(17)18-3/h10-11H,4-9,14H2,1-3H3. The fraction of sp³-hybridized carbons (Fsp3) is 0.923. The summed E-state index contributed by atoms with van der Waals surface area (Å²) in [6.07, 6.45) is 2.10. The predicted octanol–water partition coefficient (Wildman–Crippen LogP) is -0.0972. The second-order valence-electron chi connectivity index (χ2n) is 5.89. The average molecular weight is 255 g/mol. The molecular formula is C13H25N3O2. The molecule has 2 fully saturated rings. The van der Waals surface area contributed by atoms with Gasteiger partial charge in [0.15, 0.2) is 0 Å². The van der Waals surface area contributed by atoms with Crippen molar-refractivity contribution in [3.8, 4) is 0 Å². The number of carbonyl (C=O) groups is 1. The molecule has 0 aromatic rings. The quantitative estimate of drug-likeness (QED) is 0.711. The number of nitrogens with zero attached hydrogens (tertiary/aromatic N) is 2. The lowest BCUT2D eigenvalue weighted by Gasteiger charge is -2.42. The highest BCUT2D eigenvalue weighted by Gasteiger charge is 2.50. The van der Waals surface area contributed by atoms with E-state index in [9.17, 15) is 4.79 Å². The second-order valence-corrected chi connectivity index (χ2v) is 5.89. The van der Waals surface area contributed by atoms with Crippen molar-refractivity contribution in [1.29, 1.82) is 0 Å². The Balaban J connectivity index is 2.03. The minimum atomic E-state index is -0.807. The molecule has 0 bridgehead atoms. The third kappa shape index (κ3) is 2.68. The molecule has 0 aromatic carbocycles. The lowest BCUT2D eigenvalue weighted by Crippen LogP contribution is -2.62. The average Bonchev–Trinajstić information content (AvgIpc) is 3.16. The van der Waals surface area contributed by atoms with Crippen molar-refractivity contribution in [1.82, 2.24) is 9.80 Å². The first-order valence-corrected chi connectivity index (χ1v) is 6.77. The molecule has 0 spiro atoms. The minimum Gasteiger partial charge on any atom is -0.468 e. The van der Waals surface area contributed by atoms with Crippen LogP contribution in [0.5, 0.6) is 0 Å². The number of piperazine rings is 1. The molecular weight excluding hydrogens is 230 g/mol. The Labute approximate surface area is 109 Å². The van der Waals surface area contributed by atoms with Gasteiger partial charge in [-0.05, 0) is 32.7 Å². The number of likely N-dealkylation sites (N-methyl/N-ethyl adjacent to an activating group) is 1. The monoisotopic (exact) mass is 255 g/mol.